The number of hydrogen-bond donors (Lipinski definition) is 1. The van der Waals surface area contributed by atoms with Gasteiger partial charge in [-0.3, -0.25) is 4.79 Å². The Bertz CT molecular complexity index is 1120. The maximum absolute atomic E-state index is 12.5. The Morgan fingerprint density at radius 1 is 1.00 bits per heavy atom. The highest BCUT2D eigenvalue weighted by atomic mass is 16.5. The molecule has 4 rings (SSSR count). The summed E-state index contributed by atoms with van der Waals surface area (Å²) in [6.45, 7) is 3.85. The molecule has 5 heteroatoms. The summed E-state index contributed by atoms with van der Waals surface area (Å²) in [6.07, 6.45) is 2.94. The van der Waals surface area contributed by atoms with Crippen LogP contribution in [0.5, 0.6) is 23.0 Å². The van der Waals surface area contributed by atoms with Crippen molar-refractivity contribution in [1.82, 2.24) is 0 Å². The average Bonchev–Trinajstić information content (AvgIpc) is 3.26. The molecule has 0 aliphatic heterocycles. The zero-order chi connectivity index (χ0) is 22.0. The quantitative estimate of drug-likeness (QED) is 0.397. The SMILES string of the molecule is COc1c(Oc2c(C)cc(N)c3c2CCC3)ccc(OCc2ccccc2)c1C(C)=O. The van der Waals surface area contributed by atoms with Crippen molar-refractivity contribution < 1.29 is 19.0 Å². The summed E-state index contributed by atoms with van der Waals surface area (Å²) >= 11 is 0. The van der Waals surface area contributed by atoms with Crippen molar-refractivity contribution in [3.05, 3.63) is 76.3 Å². The van der Waals surface area contributed by atoms with E-state index >= 15 is 0 Å². The molecular weight excluding hydrogens is 390 g/mol. The van der Waals surface area contributed by atoms with Crippen LogP contribution in [0.25, 0.3) is 0 Å². The highest BCUT2D eigenvalue weighted by Crippen LogP contribution is 2.44. The molecule has 1 aliphatic carbocycles. The Labute approximate surface area is 182 Å². The first-order valence-corrected chi connectivity index (χ1v) is 10.5. The van der Waals surface area contributed by atoms with Crippen molar-refractivity contribution in [3.63, 3.8) is 0 Å². The van der Waals surface area contributed by atoms with Crippen LogP contribution in [0.15, 0.2) is 48.5 Å². The van der Waals surface area contributed by atoms with Gasteiger partial charge in [0.15, 0.2) is 17.3 Å². The predicted molar refractivity (Wildman–Crippen MR) is 121 cm³/mol. The number of anilines is 1. The van der Waals surface area contributed by atoms with E-state index in [1.165, 1.54) is 14.0 Å². The molecule has 3 aromatic carbocycles. The molecule has 160 valence electrons. The van der Waals surface area contributed by atoms with Crippen LogP contribution in [-0.4, -0.2) is 12.9 Å². The van der Waals surface area contributed by atoms with Gasteiger partial charge in [0.25, 0.3) is 0 Å². The third-order valence-electron chi connectivity index (χ3n) is 5.66. The first-order valence-electron chi connectivity index (χ1n) is 10.5. The average molecular weight is 418 g/mol. The lowest BCUT2D eigenvalue weighted by molar-refractivity contribution is 0.100. The maximum Gasteiger partial charge on any atom is 0.175 e. The minimum absolute atomic E-state index is 0.149. The minimum atomic E-state index is -0.149. The van der Waals surface area contributed by atoms with Crippen molar-refractivity contribution >= 4 is 11.5 Å². The summed E-state index contributed by atoms with van der Waals surface area (Å²) in [5, 5.41) is 0. The molecule has 3 aromatic rings. The Kier molecular flexibility index (Phi) is 5.85. The van der Waals surface area contributed by atoms with Crippen molar-refractivity contribution in [2.45, 2.75) is 39.7 Å². The van der Waals surface area contributed by atoms with E-state index in [4.69, 9.17) is 19.9 Å². The summed E-state index contributed by atoms with van der Waals surface area (Å²) in [4.78, 5) is 12.5. The lowest BCUT2D eigenvalue weighted by atomic mass is 10.0. The number of methoxy groups -OCH3 is 1. The number of carbonyl (C=O) groups excluding carboxylic acids is 1. The fourth-order valence-electron chi connectivity index (χ4n) is 4.21. The molecule has 2 N–H and O–H groups in total. The molecule has 0 unspecified atom stereocenters. The Morgan fingerprint density at radius 3 is 2.42 bits per heavy atom. The molecule has 0 heterocycles. The summed E-state index contributed by atoms with van der Waals surface area (Å²) in [6, 6.07) is 15.3. The van der Waals surface area contributed by atoms with Gasteiger partial charge in [-0.2, -0.15) is 0 Å². The number of aryl methyl sites for hydroxylation is 1. The fourth-order valence-corrected chi connectivity index (χ4v) is 4.21. The van der Waals surface area contributed by atoms with Crippen LogP contribution in [-0.2, 0) is 19.4 Å². The van der Waals surface area contributed by atoms with Gasteiger partial charge in [0.05, 0.1) is 7.11 Å². The molecule has 5 nitrogen and oxygen atoms in total. The Morgan fingerprint density at radius 2 is 1.71 bits per heavy atom. The van der Waals surface area contributed by atoms with E-state index in [1.54, 1.807) is 12.1 Å². The summed E-state index contributed by atoms with van der Waals surface area (Å²) in [5.41, 5.74) is 11.7. The van der Waals surface area contributed by atoms with Crippen LogP contribution < -0.4 is 19.9 Å². The number of nitrogens with two attached hydrogens (primary N) is 1. The topological polar surface area (TPSA) is 70.8 Å². The Hall–Kier alpha value is -3.47. The second-order valence-electron chi connectivity index (χ2n) is 7.83. The molecule has 0 amide bonds. The van der Waals surface area contributed by atoms with Gasteiger partial charge in [-0.1, -0.05) is 30.3 Å². The number of fused-ring (bicyclic) bond motifs is 1. The van der Waals surface area contributed by atoms with Gasteiger partial charge in [0.1, 0.15) is 23.7 Å². The third kappa shape index (κ3) is 4.08. The van der Waals surface area contributed by atoms with Crippen LogP contribution in [0, 0.1) is 6.92 Å². The van der Waals surface area contributed by atoms with Crippen LogP contribution in [0.3, 0.4) is 0 Å². The third-order valence-corrected chi connectivity index (χ3v) is 5.66. The Balaban J connectivity index is 1.71. The molecule has 0 saturated heterocycles. The molecule has 0 atom stereocenters. The van der Waals surface area contributed by atoms with Gasteiger partial charge < -0.3 is 19.9 Å². The normalized spacial score (nSPS) is 12.4. The minimum Gasteiger partial charge on any atom is -0.492 e. The highest BCUT2D eigenvalue weighted by molar-refractivity contribution is 6.00. The number of carbonyl (C=O) groups is 1. The number of nitrogen functional groups attached to an aromatic ring is 1. The zero-order valence-electron chi connectivity index (χ0n) is 18.2. The highest BCUT2D eigenvalue weighted by Gasteiger charge is 2.25. The van der Waals surface area contributed by atoms with Crippen LogP contribution >= 0.6 is 0 Å². The van der Waals surface area contributed by atoms with E-state index in [0.29, 0.717) is 29.4 Å². The van der Waals surface area contributed by atoms with Crippen molar-refractivity contribution in [2.75, 3.05) is 12.8 Å². The number of hydrogen-bond acceptors (Lipinski definition) is 5. The molecule has 1 aliphatic rings. The molecule has 0 radical (unpaired) electrons. The summed E-state index contributed by atoms with van der Waals surface area (Å²) in [7, 11) is 1.54. The lowest BCUT2D eigenvalue weighted by Gasteiger charge is -2.20. The van der Waals surface area contributed by atoms with Crippen molar-refractivity contribution in [1.29, 1.82) is 0 Å². The van der Waals surface area contributed by atoms with Gasteiger partial charge in [0, 0.05) is 11.3 Å². The van der Waals surface area contributed by atoms with Crippen LogP contribution in [0.1, 0.15) is 46.0 Å². The van der Waals surface area contributed by atoms with E-state index in [0.717, 1.165) is 53.0 Å². The van der Waals surface area contributed by atoms with Crippen molar-refractivity contribution in [3.8, 4) is 23.0 Å². The maximum atomic E-state index is 12.5. The monoisotopic (exact) mass is 417 g/mol. The van der Waals surface area contributed by atoms with Gasteiger partial charge in [0.2, 0.25) is 0 Å². The molecular formula is C26H27NO4. The van der Waals surface area contributed by atoms with Crippen LogP contribution in [0.2, 0.25) is 0 Å². The molecule has 0 aromatic heterocycles. The standard InChI is InChI=1S/C26H27NO4/c1-16-14-21(27)19-10-7-11-20(19)25(16)31-23-13-12-22(24(17(2)28)26(23)29-3)30-15-18-8-5-4-6-9-18/h4-6,8-9,12-14H,7,10-11,15,27H2,1-3H3. The fraction of sp³-hybridized carbons (Fsp3) is 0.269. The summed E-state index contributed by atoms with van der Waals surface area (Å²) < 4.78 is 18.0. The number of ketones is 1. The number of benzene rings is 3. The van der Waals surface area contributed by atoms with E-state index in [2.05, 4.69) is 0 Å². The first-order chi connectivity index (χ1) is 15.0. The molecule has 0 fully saturated rings. The molecule has 31 heavy (non-hydrogen) atoms. The van der Waals surface area contributed by atoms with E-state index in [-0.39, 0.29) is 5.78 Å². The smallest absolute Gasteiger partial charge is 0.175 e. The zero-order valence-corrected chi connectivity index (χ0v) is 18.2. The first kappa shape index (κ1) is 20.8. The van der Waals surface area contributed by atoms with Gasteiger partial charge in [-0.15, -0.1) is 0 Å². The lowest BCUT2D eigenvalue weighted by Crippen LogP contribution is -2.06. The second kappa shape index (κ2) is 8.72. The molecule has 0 spiro atoms. The van der Waals surface area contributed by atoms with E-state index < -0.39 is 0 Å². The largest absolute Gasteiger partial charge is 0.492 e. The molecule has 0 saturated carbocycles. The van der Waals surface area contributed by atoms with E-state index in [9.17, 15) is 4.79 Å². The molecule has 0 bridgehead atoms. The van der Waals surface area contributed by atoms with E-state index in [1.807, 2.05) is 43.3 Å². The van der Waals surface area contributed by atoms with Gasteiger partial charge >= 0.3 is 0 Å². The number of rotatable bonds is 7. The van der Waals surface area contributed by atoms with Crippen LogP contribution in [0.4, 0.5) is 5.69 Å². The van der Waals surface area contributed by atoms with Gasteiger partial charge in [-0.25, -0.2) is 0 Å². The summed E-state index contributed by atoms with van der Waals surface area (Å²) in [5.74, 6) is 1.99. The predicted octanol–water partition coefficient (Wildman–Crippen LogP) is 5.65. The second-order valence-corrected chi connectivity index (χ2v) is 7.83. The number of ether oxygens (including phenoxy) is 3. The number of Topliss-reactive ketones (excluding diaryl/α,β-unsaturated/α-hetero) is 1. The van der Waals surface area contributed by atoms with Crippen molar-refractivity contribution in [2.24, 2.45) is 0 Å². The van der Waals surface area contributed by atoms with Gasteiger partial charge in [-0.05, 0) is 68.0 Å².